The number of hydrogen-bond donors (Lipinski definition) is 1. The van der Waals surface area contributed by atoms with E-state index in [2.05, 4.69) is 5.32 Å². The summed E-state index contributed by atoms with van der Waals surface area (Å²) < 4.78 is 47.2. The molecule has 3 rings (SSSR count). The number of halogens is 1. The summed E-state index contributed by atoms with van der Waals surface area (Å²) in [5.41, 5.74) is 0.887. The van der Waals surface area contributed by atoms with Gasteiger partial charge in [-0.2, -0.15) is 0 Å². The van der Waals surface area contributed by atoms with Crippen LogP contribution in [0, 0.1) is 11.7 Å². The number of nitrogens with zero attached hydrogens (tertiary/aromatic N) is 2. The number of carbonyl (C=O) groups excluding carboxylic acids is 2. The lowest BCUT2D eigenvalue weighted by molar-refractivity contribution is -0.139. The molecule has 3 aromatic rings. The van der Waals surface area contributed by atoms with Crippen LogP contribution in [0.2, 0.25) is 0 Å². The van der Waals surface area contributed by atoms with E-state index in [-0.39, 0.29) is 23.3 Å². The zero-order valence-corrected chi connectivity index (χ0v) is 23.3. The minimum Gasteiger partial charge on any atom is -0.497 e. The van der Waals surface area contributed by atoms with Gasteiger partial charge in [0.15, 0.2) is 0 Å². The molecule has 0 aliphatic heterocycles. The van der Waals surface area contributed by atoms with Crippen molar-refractivity contribution >= 4 is 27.5 Å². The summed E-state index contributed by atoms with van der Waals surface area (Å²) in [5.74, 6) is -0.704. The minimum atomic E-state index is -4.17. The Kier molecular flexibility index (Phi) is 10.1. The smallest absolute Gasteiger partial charge is 0.264 e. The van der Waals surface area contributed by atoms with E-state index in [0.717, 1.165) is 4.31 Å². The lowest BCUT2D eigenvalue weighted by Gasteiger charge is -2.32. The van der Waals surface area contributed by atoms with E-state index >= 15 is 0 Å². The molecule has 208 valence electrons. The Morgan fingerprint density at radius 3 is 2.10 bits per heavy atom. The second-order valence-corrected chi connectivity index (χ2v) is 11.3. The number of amides is 2. The van der Waals surface area contributed by atoms with E-state index in [4.69, 9.17) is 4.74 Å². The van der Waals surface area contributed by atoms with Gasteiger partial charge in [0.05, 0.1) is 17.7 Å². The average molecular weight is 556 g/mol. The highest BCUT2D eigenvalue weighted by atomic mass is 32.2. The SMILES string of the molecule is COc1ccc(S(=O)(=O)N(CC(=O)N(Cc2ccc(F)cc2)C(C)C(=O)NCC(C)C)c2ccccc2)cc1. The Morgan fingerprint density at radius 1 is 0.923 bits per heavy atom. The van der Waals surface area contributed by atoms with Gasteiger partial charge in [-0.05, 0) is 66.9 Å². The van der Waals surface area contributed by atoms with Gasteiger partial charge in [-0.25, -0.2) is 12.8 Å². The molecule has 0 spiro atoms. The molecule has 8 nitrogen and oxygen atoms in total. The van der Waals surface area contributed by atoms with Crippen LogP contribution < -0.4 is 14.4 Å². The quantitative estimate of drug-likeness (QED) is 0.361. The number of benzene rings is 3. The van der Waals surface area contributed by atoms with Gasteiger partial charge < -0.3 is 15.0 Å². The summed E-state index contributed by atoms with van der Waals surface area (Å²) in [6, 6.07) is 18.8. The highest BCUT2D eigenvalue weighted by Crippen LogP contribution is 2.25. The molecule has 0 saturated heterocycles. The normalized spacial score (nSPS) is 12.1. The van der Waals surface area contributed by atoms with Gasteiger partial charge in [-0.1, -0.05) is 44.2 Å². The molecule has 0 aliphatic rings. The molecule has 1 N–H and O–H groups in total. The summed E-state index contributed by atoms with van der Waals surface area (Å²) in [6.45, 7) is 5.34. The minimum absolute atomic E-state index is 0.0133. The molecule has 1 unspecified atom stereocenters. The number of nitrogens with one attached hydrogen (secondary N) is 1. The number of carbonyl (C=O) groups is 2. The van der Waals surface area contributed by atoms with Crippen LogP contribution in [0.15, 0.2) is 83.8 Å². The molecular formula is C29H34FN3O5S. The first-order chi connectivity index (χ1) is 18.5. The van der Waals surface area contributed by atoms with Crippen LogP contribution in [-0.4, -0.2) is 51.4 Å². The molecular weight excluding hydrogens is 521 g/mol. The first kappa shape index (κ1) is 29.6. The van der Waals surface area contributed by atoms with Crippen molar-refractivity contribution in [1.29, 1.82) is 0 Å². The predicted molar refractivity (Wildman–Crippen MR) is 148 cm³/mol. The van der Waals surface area contributed by atoms with Crippen LogP contribution in [0.4, 0.5) is 10.1 Å². The van der Waals surface area contributed by atoms with E-state index in [0.29, 0.717) is 23.5 Å². The van der Waals surface area contributed by atoms with Crippen LogP contribution in [-0.2, 0) is 26.2 Å². The Bertz CT molecular complexity index is 1350. The van der Waals surface area contributed by atoms with Gasteiger partial charge in [0, 0.05) is 13.1 Å². The van der Waals surface area contributed by atoms with E-state index in [1.165, 1.54) is 60.5 Å². The van der Waals surface area contributed by atoms with Crippen LogP contribution >= 0.6 is 0 Å². The third kappa shape index (κ3) is 7.79. The Hall–Kier alpha value is -3.92. The maximum atomic E-state index is 13.8. The van der Waals surface area contributed by atoms with Crippen LogP contribution in [0.1, 0.15) is 26.3 Å². The number of sulfonamides is 1. The van der Waals surface area contributed by atoms with E-state index < -0.39 is 34.3 Å². The molecule has 0 radical (unpaired) electrons. The lowest BCUT2D eigenvalue weighted by atomic mass is 10.1. The highest BCUT2D eigenvalue weighted by Gasteiger charge is 2.32. The molecule has 0 saturated carbocycles. The zero-order chi connectivity index (χ0) is 28.6. The van der Waals surface area contributed by atoms with Crippen molar-refractivity contribution in [3.8, 4) is 5.75 Å². The van der Waals surface area contributed by atoms with E-state index in [9.17, 15) is 22.4 Å². The molecule has 39 heavy (non-hydrogen) atoms. The van der Waals surface area contributed by atoms with E-state index in [1.807, 2.05) is 13.8 Å². The van der Waals surface area contributed by atoms with Crippen LogP contribution in [0.25, 0.3) is 0 Å². The number of rotatable bonds is 12. The third-order valence-corrected chi connectivity index (χ3v) is 7.88. The van der Waals surface area contributed by atoms with E-state index in [1.54, 1.807) is 37.3 Å². The first-order valence-corrected chi connectivity index (χ1v) is 14.0. The Morgan fingerprint density at radius 2 is 1.54 bits per heavy atom. The molecule has 0 bridgehead atoms. The number of methoxy groups -OCH3 is 1. The van der Waals surface area contributed by atoms with Gasteiger partial charge in [0.25, 0.3) is 10.0 Å². The summed E-state index contributed by atoms with van der Waals surface area (Å²) in [5, 5.41) is 2.83. The van der Waals surface area contributed by atoms with Gasteiger partial charge in [-0.3, -0.25) is 13.9 Å². The Labute approximate surface area is 229 Å². The molecule has 10 heteroatoms. The van der Waals surface area contributed by atoms with Gasteiger partial charge >= 0.3 is 0 Å². The fraction of sp³-hybridized carbons (Fsp3) is 0.310. The molecule has 0 aromatic heterocycles. The van der Waals surface area contributed by atoms with Gasteiger partial charge in [0.1, 0.15) is 24.2 Å². The van der Waals surface area contributed by atoms with Crippen molar-refractivity contribution in [2.45, 2.75) is 38.3 Å². The van der Waals surface area contributed by atoms with Crippen LogP contribution in [0.3, 0.4) is 0 Å². The van der Waals surface area contributed by atoms with Crippen molar-refractivity contribution in [1.82, 2.24) is 10.2 Å². The lowest BCUT2D eigenvalue weighted by Crippen LogP contribution is -2.51. The van der Waals surface area contributed by atoms with Crippen molar-refractivity contribution in [3.63, 3.8) is 0 Å². The van der Waals surface area contributed by atoms with Gasteiger partial charge in [0.2, 0.25) is 11.8 Å². The summed E-state index contributed by atoms with van der Waals surface area (Å²) in [4.78, 5) is 28.1. The average Bonchev–Trinajstić information content (AvgIpc) is 2.94. The fourth-order valence-corrected chi connectivity index (χ4v) is 5.23. The van der Waals surface area contributed by atoms with Crippen molar-refractivity contribution < 1.29 is 27.1 Å². The third-order valence-electron chi connectivity index (χ3n) is 6.09. The largest absolute Gasteiger partial charge is 0.497 e. The highest BCUT2D eigenvalue weighted by molar-refractivity contribution is 7.92. The maximum absolute atomic E-state index is 13.8. The molecule has 2 amide bonds. The summed E-state index contributed by atoms with van der Waals surface area (Å²) >= 11 is 0. The summed E-state index contributed by atoms with van der Waals surface area (Å²) in [6.07, 6.45) is 0. The van der Waals surface area contributed by atoms with Gasteiger partial charge in [-0.15, -0.1) is 0 Å². The van der Waals surface area contributed by atoms with Crippen molar-refractivity contribution in [3.05, 3.63) is 90.2 Å². The Balaban J connectivity index is 1.98. The standard InChI is InChI=1S/C29H34FN3O5S/c1-21(2)18-31-29(35)22(3)32(19-23-10-12-24(30)13-11-23)28(34)20-33(25-8-6-5-7-9-25)39(36,37)27-16-14-26(38-4)15-17-27/h5-17,21-22H,18-20H2,1-4H3,(H,31,35). The fourth-order valence-electron chi connectivity index (χ4n) is 3.82. The second-order valence-electron chi connectivity index (χ2n) is 9.49. The monoisotopic (exact) mass is 555 g/mol. The number of ether oxygens (including phenoxy) is 1. The number of para-hydroxylation sites is 1. The topological polar surface area (TPSA) is 96.0 Å². The number of anilines is 1. The molecule has 0 heterocycles. The van der Waals surface area contributed by atoms with Crippen LogP contribution in [0.5, 0.6) is 5.75 Å². The molecule has 0 fully saturated rings. The molecule has 3 aromatic carbocycles. The summed E-state index contributed by atoms with van der Waals surface area (Å²) in [7, 11) is -2.69. The van der Waals surface area contributed by atoms with Crippen molar-refractivity contribution in [2.75, 3.05) is 24.5 Å². The molecule has 0 aliphatic carbocycles. The maximum Gasteiger partial charge on any atom is 0.264 e. The zero-order valence-electron chi connectivity index (χ0n) is 22.5. The predicted octanol–water partition coefficient (Wildman–Crippen LogP) is 4.22. The first-order valence-electron chi connectivity index (χ1n) is 12.6. The molecule has 1 atom stereocenters. The van der Waals surface area contributed by atoms with Crippen molar-refractivity contribution in [2.24, 2.45) is 5.92 Å². The number of hydrogen-bond acceptors (Lipinski definition) is 5. The second kappa shape index (κ2) is 13.2.